The van der Waals surface area contributed by atoms with Crippen molar-refractivity contribution in [3.05, 3.63) is 53.6 Å². The van der Waals surface area contributed by atoms with Gasteiger partial charge in [-0.3, -0.25) is 0 Å². The summed E-state index contributed by atoms with van der Waals surface area (Å²) in [5.41, 5.74) is 3.08. The molecule has 0 heterocycles. The first-order valence-electron chi connectivity index (χ1n) is 7.49. The summed E-state index contributed by atoms with van der Waals surface area (Å²) in [6.45, 7) is 0. The monoisotopic (exact) mass is 358 g/mol. The molecule has 1 amide bonds. The number of carbonyl (C=O) groups is 2. The van der Waals surface area contributed by atoms with E-state index in [-0.39, 0.29) is 5.75 Å². The van der Waals surface area contributed by atoms with Crippen LogP contribution < -0.4 is 19.6 Å². The molecule has 0 aromatic heterocycles. The SMILES string of the molecule is COC(=O)NN=Cc1ccc(OC(=O)c2ccccc2OC)c(OC)c1. The molecule has 1 N–H and O–H groups in total. The highest BCUT2D eigenvalue weighted by Gasteiger charge is 2.16. The van der Waals surface area contributed by atoms with Gasteiger partial charge in [0, 0.05) is 0 Å². The van der Waals surface area contributed by atoms with E-state index in [1.807, 2.05) is 0 Å². The van der Waals surface area contributed by atoms with Crippen LogP contribution in [0.1, 0.15) is 15.9 Å². The zero-order chi connectivity index (χ0) is 18.9. The molecule has 0 aliphatic rings. The summed E-state index contributed by atoms with van der Waals surface area (Å²) in [7, 11) is 4.16. The molecule has 2 rings (SSSR count). The van der Waals surface area contributed by atoms with Crippen molar-refractivity contribution in [3.63, 3.8) is 0 Å². The van der Waals surface area contributed by atoms with Gasteiger partial charge in [-0.15, -0.1) is 0 Å². The number of rotatable bonds is 6. The maximum atomic E-state index is 12.4. The number of hydrazone groups is 1. The Morgan fingerprint density at radius 3 is 2.38 bits per heavy atom. The number of benzene rings is 2. The van der Waals surface area contributed by atoms with Crippen LogP contribution in [0.15, 0.2) is 47.6 Å². The molecule has 0 atom stereocenters. The Balaban J connectivity index is 2.17. The normalized spacial score (nSPS) is 10.3. The minimum absolute atomic E-state index is 0.237. The predicted molar refractivity (Wildman–Crippen MR) is 94.1 cm³/mol. The van der Waals surface area contributed by atoms with Gasteiger partial charge in [0.05, 0.1) is 27.5 Å². The molecule has 0 fully saturated rings. The lowest BCUT2D eigenvalue weighted by Gasteiger charge is -2.11. The van der Waals surface area contributed by atoms with Crippen molar-refractivity contribution in [1.29, 1.82) is 0 Å². The third-order valence-corrected chi connectivity index (χ3v) is 3.27. The Hall–Kier alpha value is -3.55. The van der Waals surface area contributed by atoms with Crippen molar-refractivity contribution in [2.45, 2.75) is 0 Å². The molecule has 0 aliphatic carbocycles. The van der Waals surface area contributed by atoms with Crippen LogP contribution in [0.25, 0.3) is 0 Å². The van der Waals surface area contributed by atoms with E-state index < -0.39 is 12.1 Å². The van der Waals surface area contributed by atoms with Crippen molar-refractivity contribution in [3.8, 4) is 17.2 Å². The average molecular weight is 358 g/mol. The zero-order valence-electron chi connectivity index (χ0n) is 14.5. The number of hydrogen-bond donors (Lipinski definition) is 1. The third-order valence-electron chi connectivity index (χ3n) is 3.27. The van der Waals surface area contributed by atoms with Crippen LogP contribution in [-0.2, 0) is 4.74 Å². The molecule has 0 aliphatic heterocycles. The largest absolute Gasteiger partial charge is 0.496 e. The number of hydrogen-bond acceptors (Lipinski definition) is 7. The van der Waals surface area contributed by atoms with Crippen molar-refractivity contribution in [2.24, 2.45) is 5.10 Å². The van der Waals surface area contributed by atoms with Crippen LogP contribution in [0.4, 0.5) is 4.79 Å². The summed E-state index contributed by atoms with van der Waals surface area (Å²) in [6, 6.07) is 11.6. The van der Waals surface area contributed by atoms with Gasteiger partial charge in [0.1, 0.15) is 11.3 Å². The lowest BCUT2D eigenvalue weighted by atomic mass is 10.2. The Kier molecular flexibility index (Phi) is 6.55. The summed E-state index contributed by atoms with van der Waals surface area (Å²) in [6.07, 6.45) is 0.709. The van der Waals surface area contributed by atoms with Gasteiger partial charge >= 0.3 is 12.1 Å². The first-order valence-corrected chi connectivity index (χ1v) is 7.49. The fourth-order valence-corrected chi connectivity index (χ4v) is 2.02. The standard InChI is InChI=1S/C18H18N2O6/c1-23-14-7-5-4-6-13(14)17(21)26-15-9-8-12(10-16(15)24-2)11-19-20-18(22)25-3/h4-11H,1-3H3,(H,20,22). The van der Waals surface area contributed by atoms with Gasteiger partial charge in [-0.05, 0) is 35.9 Å². The number of amides is 1. The lowest BCUT2D eigenvalue weighted by Crippen LogP contribution is -2.16. The summed E-state index contributed by atoms with van der Waals surface area (Å²) < 4.78 is 20.2. The number of methoxy groups -OCH3 is 3. The van der Waals surface area contributed by atoms with E-state index in [1.165, 1.54) is 27.5 Å². The van der Waals surface area contributed by atoms with E-state index in [2.05, 4.69) is 15.3 Å². The molecule has 2 aromatic rings. The van der Waals surface area contributed by atoms with E-state index >= 15 is 0 Å². The van der Waals surface area contributed by atoms with Gasteiger partial charge in [0.25, 0.3) is 0 Å². The second-order valence-electron chi connectivity index (χ2n) is 4.86. The highest BCUT2D eigenvalue weighted by molar-refractivity contribution is 5.94. The molecule has 0 saturated carbocycles. The highest BCUT2D eigenvalue weighted by Crippen LogP contribution is 2.29. The van der Waals surface area contributed by atoms with Crippen LogP contribution in [0.5, 0.6) is 17.2 Å². The summed E-state index contributed by atoms with van der Waals surface area (Å²) in [4.78, 5) is 23.3. The third kappa shape index (κ3) is 4.73. The molecule has 8 heteroatoms. The summed E-state index contributed by atoms with van der Waals surface area (Å²) in [5.74, 6) is 0.403. The Morgan fingerprint density at radius 2 is 1.69 bits per heavy atom. The van der Waals surface area contributed by atoms with Crippen LogP contribution in [0, 0.1) is 0 Å². The Bertz CT molecular complexity index is 819. The first-order chi connectivity index (χ1) is 12.6. The Morgan fingerprint density at radius 1 is 0.962 bits per heavy atom. The smallest absolute Gasteiger partial charge is 0.427 e. The highest BCUT2D eigenvalue weighted by atomic mass is 16.6. The minimum Gasteiger partial charge on any atom is -0.496 e. The maximum absolute atomic E-state index is 12.4. The molecule has 0 spiro atoms. The average Bonchev–Trinajstić information content (AvgIpc) is 2.68. The molecule has 0 saturated heterocycles. The lowest BCUT2D eigenvalue weighted by molar-refractivity contribution is 0.0726. The topological polar surface area (TPSA) is 95.5 Å². The van der Waals surface area contributed by atoms with E-state index in [4.69, 9.17) is 14.2 Å². The van der Waals surface area contributed by atoms with E-state index in [9.17, 15) is 9.59 Å². The van der Waals surface area contributed by atoms with E-state index in [0.717, 1.165) is 0 Å². The number of para-hydroxylation sites is 1. The Labute approximate surface area is 150 Å². The van der Waals surface area contributed by atoms with Gasteiger partial charge in [0.2, 0.25) is 0 Å². The van der Waals surface area contributed by atoms with Gasteiger partial charge < -0.3 is 18.9 Å². The number of nitrogens with one attached hydrogen (secondary N) is 1. The molecular formula is C18H18N2O6. The molecule has 2 aromatic carbocycles. The van der Waals surface area contributed by atoms with Crippen molar-refractivity contribution >= 4 is 18.3 Å². The number of esters is 1. The van der Waals surface area contributed by atoms with Crippen LogP contribution >= 0.6 is 0 Å². The van der Waals surface area contributed by atoms with Gasteiger partial charge in [0.15, 0.2) is 11.5 Å². The molecular weight excluding hydrogens is 340 g/mol. The maximum Gasteiger partial charge on any atom is 0.427 e. The molecule has 26 heavy (non-hydrogen) atoms. The summed E-state index contributed by atoms with van der Waals surface area (Å²) in [5, 5.41) is 3.72. The molecule has 0 bridgehead atoms. The second kappa shape index (κ2) is 9.07. The number of ether oxygens (including phenoxy) is 4. The fourth-order valence-electron chi connectivity index (χ4n) is 2.02. The van der Waals surface area contributed by atoms with Gasteiger partial charge in [-0.25, -0.2) is 15.0 Å². The molecule has 0 radical (unpaired) electrons. The molecule has 0 unspecified atom stereocenters. The minimum atomic E-state index is -0.685. The van der Waals surface area contributed by atoms with Crippen molar-refractivity contribution in [1.82, 2.24) is 5.43 Å². The van der Waals surface area contributed by atoms with Crippen LogP contribution in [-0.4, -0.2) is 39.6 Å². The first kappa shape index (κ1) is 18.8. The molecule has 136 valence electrons. The van der Waals surface area contributed by atoms with Gasteiger partial charge in [-0.1, -0.05) is 12.1 Å². The second-order valence-corrected chi connectivity index (χ2v) is 4.86. The number of carbonyl (C=O) groups excluding carboxylic acids is 2. The van der Waals surface area contributed by atoms with E-state index in [1.54, 1.807) is 42.5 Å². The quantitative estimate of drug-likeness (QED) is 0.369. The fraction of sp³-hybridized carbons (Fsp3) is 0.167. The van der Waals surface area contributed by atoms with Crippen LogP contribution in [0.3, 0.4) is 0 Å². The van der Waals surface area contributed by atoms with Crippen molar-refractivity contribution in [2.75, 3.05) is 21.3 Å². The predicted octanol–water partition coefficient (Wildman–Crippen LogP) is 2.61. The van der Waals surface area contributed by atoms with Crippen molar-refractivity contribution < 1.29 is 28.5 Å². The number of nitrogens with zero attached hydrogens (tertiary/aromatic N) is 1. The van der Waals surface area contributed by atoms with Crippen LogP contribution in [0.2, 0.25) is 0 Å². The zero-order valence-corrected chi connectivity index (χ0v) is 14.5. The van der Waals surface area contributed by atoms with E-state index in [0.29, 0.717) is 22.6 Å². The summed E-state index contributed by atoms with van der Waals surface area (Å²) >= 11 is 0. The molecule has 8 nitrogen and oxygen atoms in total. The van der Waals surface area contributed by atoms with Gasteiger partial charge in [-0.2, -0.15) is 5.10 Å².